The van der Waals surface area contributed by atoms with Gasteiger partial charge in [-0.2, -0.15) is 0 Å². The number of nitrogen functional groups attached to an aromatic ring is 1. The van der Waals surface area contributed by atoms with Crippen molar-refractivity contribution in [2.75, 3.05) is 18.8 Å². The third-order valence-corrected chi connectivity index (χ3v) is 6.30. The van der Waals surface area contributed by atoms with Gasteiger partial charge in [-0.1, -0.05) is 35.7 Å². The molecule has 2 aromatic carbocycles. The highest BCUT2D eigenvalue weighted by molar-refractivity contribution is 6.32. The summed E-state index contributed by atoms with van der Waals surface area (Å²) in [6.07, 6.45) is 4.09. The van der Waals surface area contributed by atoms with Crippen molar-refractivity contribution in [3.63, 3.8) is 0 Å². The molecule has 0 spiro atoms. The van der Waals surface area contributed by atoms with E-state index in [2.05, 4.69) is 31.7 Å². The Hall–Kier alpha value is -3.99. The molecule has 1 saturated heterocycles. The molecule has 0 bridgehead atoms. The molecule has 2 N–H and O–H groups in total. The maximum atomic E-state index is 13.4. The minimum absolute atomic E-state index is 0.198. The Labute approximate surface area is 220 Å². The first-order valence-electron chi connectivity index (χ1n) is 12.0. The van der Waals surface area contributed by atoms with Crippen molar-refractivity contribution >= 4 is 17.4 Å². The minimum Gasteiger partial charge on any atom is -0.487 e. The number of nitrogens with zero attached hydrogens (tertiary/aromatic N) is 4. The number of benzene rings is 2. The van der Waals surface area contributed by atoms with E-state index in [1.807, 2.05) is 18.2 Å². The summed E-state index contributed by atoms with van der Waals surface area (Å²) in [5.41, 5.74) is 9.79. The van der Waals surface area contributed by atoms with Crippen molar-refractivity contribution in [1.29, 1.82) is 0 Å². The monoisotopic (exact) mass is 513 g/mol. The van der Waals surface area contributed by atoms with Gasteiger partial charge in [-0.05, 0) is 79.9 Å². The molecule has 1 fully saturated rings. The first-order chi connectivity index (χ1) is 18.0. The van der Waals surface area contributed by atoms with Gasteiger partial charge in [-0.3, -0.25) is 4.90 Å². The third-order valence-electron chi connectivity index (χ3n) is 6.01. The summed E-state index contributed by atoms with van der Waals surface area (Å²) in [6, 6.07) is 17.3. The zero-order chi connectivity index (χ0) is 25.6. The predicted octanol–water partition coefficient (Wildman–Crippen LogP) is 5.49. The molecule has 0 atom stereocenters. The van der Waals surface area contributed by atoms with Gasteiger partial charge in [0.15, 0.2) is 5.82 Å². The van der Waals surface area contributed by atoms with Crippen LogP contribution < -0.4 is 10.5 Å². The van der Waals surface area contributed by atoms with Gasteiger partial charge >= 0.3 is 0 Å². The SMILES string of the molecule is Nc1nc(-c2ccc(OCc3cccc(F)c3)c(Cl)c2)ncc1C#Cc1cccc(CN2CCCC2)n1. The normalized spacial score (nSPS) is 13.2. The molecular formula is C29H25ClFN5O. The molecule has 37 heavy (non-hydrogen) atoms. The van der Waals surface area contributed by atoms with Gasteiger partial charge in [0.05, 0.1) is 16.3 Å². The molecule has 6 nitrogen and oxygen atoms in total. The summed E-state index contributed by atoms with van der Waals surface area (Å²) in [5, 5.41) is 0.389. The van der Waals surface area contributed by atoms with Crippen LogP contribution in [0, 0.1) is 17.7 Å². The van der Waals surface area contributed by atoms with Gasteiger partial charge in [0.25, 0.3) is 0 Å². The molecule has 5 rings (SSSR count). The number of likely N-dealkylation sites (tertiary alicyclic amines) is 1. The lowest BCUT2D eigenvalue weighted by Crippen LogP contribution is -2.19. The number of anilines is 1. The Bertz CT molecular complexity index is 1480. The van der Waals surface area contributed by atoms with Crippen molar-refractivity contribution in [2.45, 2.75) is 26.0 Å². The van der Waals surface area contributed by atoms with E-state index in [4.69, 9.17) is 22.1 Å². The predicted molar refractivity (Wildman–Crippen MR) is 142 cm³/mol. The number of ether oxygens (including phenoxy) is 1. The van der Waals surface area contributed by atoms with Crippen molar-refractivity contribution in [1.82, 2.24) is 19.9 Å². The van der Waals surface area contributed by atoms with Crippen molar-refractivity contribution in [3.8, 4) is 29.0 Å². The molecule has 0 unspecified atom stereocenters. The summed E-state index contributed by atoms with van der Waals surface area (Å²) in [5.74, 6) is 6.97. The summed E-state index contributed by atoms with van der Waals surface area (Å²) in [4.78, 5) is 15.9. The number of hydrogen-bond acceptors (Lipinski definition) is 6. The highest BCUT2D eigenvalue weighted by atomic mass is 35.5. The van der Waals surface area contributed by atoms with Gasteiger partial charge < -0.3 is 10.5 Å². The van der Waals surface area contributed by atoms with Crippen LogP contribution in [0.3, 0.4) is 0 Å². The Balaban J connectivity index is 1.27. The molecule has 186 valence electrons. The second kappa shape index (κ2) is 11.4. The van der Waals surface area contributed by atoms with Crippen LogP contribution >= 0.6 is 11.6 Å². The third kappa shape index (κ3) is 6.42. The van der Waals surface area contributed by atoms with E-state index in [-0.39, 0.29) is 18.2 Å². The average molecular weight is 514 g/mol. The van der Waals surface area contributed by atoms with E-state index < -0.39 is 0 Å². The smallest absolute Gasteiger partial charge is 0.161 e. The largest absolute Gasteiger partial charge is 0.487 e. The fourth-order valence-corrected chi connectivity index (χ4v) is 4.35. The molecule has 4 aromatic rings. The van der Waals surface area contributed by atoms with E-state index in [0.717, 1.165) is 25.3 Å². The van der Waals surface area contributed by atoms with E-state index in [0.29, 0.717) is 39.0 Å². The molecule has 2 aromatic heterocycles. The topological polar surface area (TPSA) is 77.2 Å². The van der Waals surface area contributed by atoms with Crippen LogP contribution in [0.1, 0.15) is 35.4 Å². The fraction of sp³-hybridized carbons (Fsp3) is 0.207. The molecule has 0 amide bonds. The Morgan fingerprint density at radius 2 is 1.84 bits per heavy atom. The molecule has 0 aliphatic carbocycles. The number of rotatable bonds is 6. The number of hydrogen-bond donors (Lipinski definition) is 1. The Kier molecular flexibility index (Phi) is 7.59. The molecule has 0 radical (unpaired) electrons. The number of pyridine rings is 1. The summed E-state index contributed by atoms with van der Waals surface area (Å²) in [6.45, 7) is 3.28. The van der Waals surface area contributed by atoms with Gasteiger partial charge in [0.2, 0.25) is 0 Å². The molecule has 0 saturated carbocycles. The quantitative estimate of drug-likeness (QED) is 0.344. The van der Waals surface area contributed by atoms with Crippen LogP contribution in [-0.2, 0) is 13.2 Å². The lowest BCUT2D eigenvalue weighted by atomic mass is 10.2. The lowest BCUT2D eigenvalue weighted by Gasteiger charge is -2.13. The van der Waals surface area contributed by atoms with Crippen LogP contribution in [0.15, 0.2) is 66.9 Å². The van der Waals surface area contributed by atoms with E-state index >= 15 is 0 Å². The van der Waals surface area contributed by atoms with Crippen molar-refractivity contribution in [2.24, 2.45) is 0 Å². The number of nitrogens with two attached hydrogens (primary N) is 1. The molecule has 1 aliphatic heterocycles. The van der Waals surface area contributed by atoms with Crippen LogP contribution in [0.2, 0.25) is 5.02 Å². The van der Waals surface area contributed by atoms with E-state index in [1.165, 1.54) is 25.0 Å². The second-order valence-electron chi connectivity index (χ2n) is 8.80. The fourth-order valence-electron chi connectivity index (χ4n) is 4.11. The maximum Gasteiger partial charge on any atom is 0.161 e. The van der Waals surface area contributed by atoms with E-state index in [1.54, 1.807) is 36.5 Å². The maximum absolute atomic E-state index is 13.4. The number of halogens is 2. The minimum atomic E-state index is -0.312. The highest BCUT2D eigenvalue weighted by Gasteiger charge is 2.13. The van der Waals surface area contributed by atoms with Crippen molar-refractivity contribution in [3.05, 3.63) is 100 Å². The average Bonchev–Trinajstić information content (AvgIpc) is 3.40. The summed E-state index contributed by atoms with van der Waals surface area (Å²) >= 11 is 6.41. The second-order valence-corrected chi connectivity index (χ2v) is 9.21. The zero-order valence-electron chi connectivity index (χ0n) is 20.1. The van der Waals surface area contributed by atoms with Gasteiger partial charge in [0, 0.05) is 18.3 Å². The zero-order valence-corrected chi connectivity index (χ0v) is 20.9. The molecular weight excluding hydrogens is 489 g/mol. The molecule has 3 heterocycles. The highest BCUT2D eigenvalue weighted by Crippen LogP contribution is 2.30. The number of aromatic nitrogens is 3. The first-order valence-corrected chi connectivity index (χ1v) is 12.4. The summed E-state index contributed by atoms with van der Waals surface area (Å²) in [7, 11) is 0. The van der Waals surface area contributed by atoms with Gasteiger partial charge in [0.1, 0.15) is 29.7 Å². The van der Waals surface area contributed by atoms with Crippen LogP contribution in [0.25, 0.3) is 11.4 Å². The van der Waals surface area contributed by atoms with Crippen LogP contribution in [0.5, 0.6) is 5.75 Å². The Morgan fingerprint density at radius 3 is 2.62 bits per heavy atom. The standard InChI is InChI=1S/C29H25ClFN5O/c30-26-16-21(10-12-27(26)37-19-20-5-3-6-23(31)15-20)29-33-17-22(28(32)35-29)9-11-24-7-4-8-25(34-24)18-36-13-1-2-14-36/h3-8,10,12,15-17H,1-2,13-14,18-19H2,(H2,32,33,35). The van der Waals surface area contributed by atoms with Crippen LogP contribution in [-0.4, -0.2) is 32.9 Å². The van der Waals surface area contributed by atoms with Crippen LogP contribution in [0.4, 0.5) is 10.2 Å². The lowest BCUT2D eigenvalue weighted by molar-refractivity contribution is 0.306. The van der Waals surface area contributed by atoms with Gasteiger partial charge in [-0.25, -0.2) is 19.3 Å². The van der Waals surface area contributed by atoms with Crippen molar-refractivity contribution < 1.29 is 9.13 Å². The molecule has 8 heteroatoms. The Morgan fingerprint density at radius 1 is 1.00 bits per heavy atom. The molecule has 1 aliphatic rings. The van der Waals surface area contributed by atoms with Gasteiger partial charge in [-0.15, -0.1) is 0 Å². The first kappa shape index (κ1) is 24.7. The summed E-state index contributed by atoms with van der Waals surface area (Å²) < 4.78 is 19.1. The van der Waals surface area contributed by atoms with E-state index in [9.17, 15) is 4.39 Å².